The Kier molecular flexibility index (Phi) is 4.80. The lowest BCUT2D eigenvalue weighted by atomic mass is 10.0. The molecule has 0 saturated heterocycles. The second kappa shape index (κ2) is 7.17. The Morgan fingerprint density at radius 2 is 1.52 bits per heavy atom. The van der Waals surface area contributed by atoms with Gasteiger partial charge in [-0.3, -0.25) is 4.98 Å². The molecule has 1 heterocycles. The molecule has 0 unspecified atom stereocenters. The maximum absolute atomic E-state index is 13.6. The predicted octanol–water partition coefficient (Wildman–Crippen LogP) is 5.81. The van der Waals surface area contributed by atoms with Gasteiger partial charge in [0.05, 0.1) is 20.3 Å². The molecule has 1 aromatic heterocycles. The number of hydrogen-bond donors (Lipinski definition) is 0. The number of pyridine rings is 1. The van der Waals surface area contributed by atoms with E-state index in [0.717, 1.165) is 24.4 Å². The van der Waals surface area contributed by atoms with Crippen molar-refractivity contribution in [1.29, 1.82) is 0 Å². The summed E-state index contributed by atoms with van der Waals surface area (Å²) in [5.74, 6) is -1.78. The first-order chi connectivity index (χ1) is 13.8. The van der Waals surface area contributed by atoms with Crippen molar-refractivity contribution in [1.82, 2.24) is 4.98 Å². The molecule has 0 saturated carbocycles. The number of fused-ring (bicyclic) bond motifs is 1. The molecule has 146 valence electrons. The highest BCUT2D eigenvalue weighted by Crippen LogP contribution is 2.37. The standard InChI is InChI=1S/C21H11ClF3NO2S/c22-17-10-15(6-8-18(17)25)29(27,28)20-11-26-19-9-14(24)5-7-16(19)21(20)12-1-3-13(23)4-2-12/h1-11H. The van der Waals surface area contributed by atoms with Gasteiger partial charge in [0, 0.05) is 23.2 Å². The molecule has 3 aromatic carbocycles. The van der Waals surface area contributed by atoms with Crippen molar-refractivity contribution in [3.8, 4) is 11.1 Å². The molecule has 0 aliphatic carbocycles. The molecule has 0 fully saturated rings. The van der Waals surface area contributed by atoms with Gasteiger partial charge in [-0.25, -0.2) is 21.6 Å². The molecule has 0 spiro atoms. The maximum Gasteiger partial charge on any atom is 0.208 e. The van der Waals surface area contributed by atoms with Crippen LogP contribution in [0.25, 0.3) is 22.0 Å². The Hall–Kier alpha value is -2.90. The number of rotatable bonds is 3. The van der Waals surface area contributed by atoms with Gasteiger partial charge in [0.2, 0.25) is 9.84 Å². The first-order valence-corrected chi connectivity index (χ1v) is 10.2. The van der Waals surface area contributed by atoms with E-state index in [4.69, 9.17) is 11.6 Å². The fourth-order valence-corrected chi connectivity index (χ4v) is 4.74. The number of halogens is 4. The van der Waals surface area contributed by atoms with E-state index in [1.807, 2.05) is 0 Å². The molecule has 0 radical (unpaired) electrons. The van der Waals surface area contributed by atoms with E-state index >= 15 is 0 Å². The summed E-state index contributed by atoms with van der Waals surface area (Å²) < 4.78 is 67.2. The molecule has 0 aliphatic rings. The van der Waals surface area contributed by atoms with Crippen LogP contribution in [0.1, 0.15) is 0 Å². The third kappa shape index (κ3) is 3.47. The summed E-state index contributed by atoms with van der Waals surface area (Å²) in [7, 11) is -4.17. The zero-order valence-corrected chi connectivity index (χ0v) is 16.1. The summed E-state index contributed by atoms with van der Waals surface area (Å²) in [6, 6.07) is 12.1. The van der Waals surface area contributed by atoms with Crippen molar-refractivity contribution in [2.45, 2.75) is 9.79 Å². The van der Waals surface area contributed by atoms with Gasteiger partial charge in [0.1, 0.15) is 17.5 Å². The van der Waals surface area contributed by atoms with Crippen molar-refractivity contribution in [2.24, 2.45) is 0 Å². The van der Waals surface area contributed by atoms with Gasteiger partial charge >= 0.3 is 0 Å². The van der Waals surface area contributed by atoms with Crippen LogP contribution in [0.4, 0.5) is 13.2 Å². The minimum Gasteiger partial charge on any atom is -0.255 e. The third-order valence-corrected chi connectivity index (χ3v) is 6.47. The van der Waals surface area contributed by atoms with Crippen LogP contribution in [-0.4, -0.2) is 13.4 Å². The summed E-state index contributed by atoms with van der Waals surface area (Å²) in [5.41, 5.74) is 0.869. The summed E-state index contributed by atoms with van der Waals surface area (Å²) in [6.07, 6.45) is 1.10. The van der Waals surface area contributed by atoms with Crippen molar-refractivity contribution in [2.75, 3.05) is 0 Å². The van der Waals surface area contributed by atoms with E-state index < -0.39 is 27.3 Å². The molecule has 4 aromatic rings. The van der Waals surface area contributed by atoms with E-state index in [-0.39, 0.29) is 25.9 Å². The summed E-state index contributed by atoms with van der Waals surface area (Å²) in [5, 5.41) is 0.0255. The number of nitrogens with zero attached hydrogens (tertiary/aromatic N) is 1. The highest BCUT2D eigenvalue weighted by atomic mass is 35.5. The zero-order valence-electron chi connectivity index (χ0n) is 14.5. The fraction of sp³-hybridized carbons (Fsp3) is 0. The Morgan fingerprint density at radius 1 is 0.828 bits per heavy atom. The molecule has 0 bridgehead atoms. The zero-order chi connectivity index (χ0) is 20.8. The van der Waals surface area contributed by atoms with E-state index in [9.17, 15) is 21.6 Å². The van der Waals surface area contributed by atoms with Crippen molar-refractivity contribution >= 4 is 32.3 Å². The molecule has 8 heteroatoms. The normalized spacial score (nSPS) is 11.7. The average Bonchev–Trinajstić information content (AvgIpc) is 2.69. The molecule has 3 nitrogen and oxygen atoms in total. The molecule has 4 rings (SSSR count). The van der Waals surface area contributed by atoms with Gasteiger partial charge in [0.25, 0.3) is 0 Å². The van der Waals surface area contributed by atoms with Gasteiger partial charge in [-0.05, 0) is 48.0 Å². The molecule has 0 aliphatic heterocycles. The fourth-order valence-electron chi connectivity index (χ4n) is 3.04. The molecule has 0 atom stereocenters. The van der Waals surface area contributed by atoms with Gasteiger partial charge < -0.3 is 0 Å². The number of aromatic nitrogens is 1. The van der Waals surface area contributed by atoms with Gasteiger partial charge in [-0.15, -0.1) is 0 Å². The van der Waals surface area contributed by atoms with Crippen LogP contribution in [0.15, 0.2) is 76.7 Å². The van der Waals surface area contributed by atoms with Gasteiger partial charge in [0.15, 0.2) is 0 Å². The first kappa shape index (κ1) is 19.4. The van der Waals surface area contributed by atoms with Crippen LogP contribution in [-0.2, 0) is 9.84 Å². The van der Waals surface area contributed by atoms with Gasteiger partial charge in [-0.2, -0.15) is 0 Å². The molecule has 29 heavy (non-hydrogen) atoms. The quantitative estimate of drug-likeness (QED) is 0.383. The first-order valence-electron chi connectivity index (χ1n) is 8.32. The highest BCUT2D eigenvalue weighted by molar-refractivity contribution is 7.91. The highest BCUT2D eigenvalue weighted by Gasteiger charge is 2.25. The maximum atomic E-state index is 13.6. The summed E-state index contributed by atoms with van der Waals surface area (Å²) in [4.78, 5) is 3.66. The lowest BCUT2D eigenvalue weighted by molar-refractivity contribution is 0.595. The minimum absolute atomic E-state index is 0.189. The lowest BCUT2D eigenvalue weighted by Crippen LogP contribution is -2.06. The predicted molar refractivity (Wildman–Crippen MR) is 104 cm³/mol. The van der Waals surface area contributed by atoms with E-state index in [1.165, 1.54) is 42.5 Å². The van der Waals surface area contributed by atoms with Crippen molar-refractivity contribution in [3.63, 3.8) is 0 Å². The van der Waals surface area contributed by atoms with Crippen LogP contribution in [0, 0.1) is 17.5 Å². The molecular formula is C21H11ClF3NO2S. The van der Waals surface area contributed by atoms with Crippen LogP contribution in [0.2, 0.25) is 5.02 Å². The second-order valence-electron chi connectivity index (χ2n) is 6.25. The number of hydrogen-bond acceptors (Lipinski definition) is 3. The minimum atomic E-state index is -4.17. The monoisotopic (exact) mass is 433 g/mol. The van der Waals surface area contributed by atoms with Crippen LogP contribution in [0.5, 0.6) is 0 Å². The number of benzene rings is 3. The van der Waals surface area contributed by atoms with Crippen molar-refractivity contribution in [3.05, 3.63) is 89.3 Å². The lowest BCUT2D eigenvalue weighted by Gasteiger charge is -2.14. The van der Waals surface area contributed by atoms with E-state index in [0.29, 0.717) is 10.9 Å². The average molecular weight is 434 g/mol. The molecule has 0 N–H and O–H groups in total. The summed E-state index contributed by atoms with van der Waals surface area (Å²) in [6.45, 7) is 0. The third-order valence-electron chi connectivity index (χ3n) is 4.42. The molecule has 0 amide bonds. The van der Waals surface area contributed by atoms with Gasteiger partial charge in [-0.1, -0.05) is 23.7 Å². The van der Waals surface area contributed by atoms with Crippen molar-refractivity contribution < 1.29 is 21.6 Å². The van der Waals surface area contributed by atoms with Crippen LogP contribution < -0.4 is 0 Å². The number of sulfone groups is 1. The molecular weight excluding hydrogens is 423 g/mol. The second-order valence-corrected chi connectivity index (χ2v) is 8.57. The van der Waals surface area contributed by atoms with E-state index in [1.54, 1.807) is 0 Å². The Balaban J connectivity index is 2.06. The topological polar surface area (TPSA) is 47.0 Å². The van der Waals surface area contributed by atoms with Crippen LogP contribution >= 0.6 is 11.6 Å². The Morgan fingerprint density at radius 3 is 2.21 bits per heavy atom. The SMILES string of the molecule is O=S(=O)(c1ccc(F)c(Cl)c1)c1cnc2cc(F)ccc2c1-c1ccc(F)cc1. The largest absolute Gasteiger partial charge is 0.255 e. The Bertz CT molecular complexity index is 1360. The smallest absolute Gasteiger partial charge is 0.208 e. The summed E-state index contributed by atoms with van der Waals surface area (Å²) >= 11 is 5.76. The van der Waals surface area contributed by atoms with E-state index in [2.05, 4.69) is 4.98 Å². The van der Waals surface area contributed by atoms with Crippen LogP contribution in [0.3, 0.4) is 0 Å². The Labute approximate surface area is 169 Å².